The number of hydrogen-bond acceptors (Lipinski definition) is 2. The van der Waals surface area contributed by atoms with Gasteiger partial charge in [0.1, 0.15) is 5.82 Å². The van der Waals surface area contributed by atoms with Gasteiger partial charge in [0, 0.05) is 17.3 Å². The van der Waals surface area contributed by atoms with Crippen molar-refractivity contribution < 1.29 is 8.78 Å². The number of hydrogen-bond donors (Lipinski definition) is 0. The maximum Gasteiger partial charge on any atom is 0.319 e. The summed E-state index contributed by atoms with van der Waals surface area (Å²) in [5, 5.41) is 3.12. The second-order valence-corrected chi connectivity index (χ2v) is 1.92. The highest BCUT2D eigenvalue weighted by Crippen LogP contribution is 2.12. The number of azide groups is 1. The summed E-state index contributed by atoms with van der Waals surface area (Å²) < 4.78 is 24.8. The van der Waals surface area contributed by atoms with Gasteiger partial charge in [0.25, 0.3) is 0 Å². The molecule has 0 aliphatic heterocycles. The molecule has 0 aliphatic rings. The molecule has 0 atom stereocenters. The molecule has 7 heteroatoms. The first-order valence-electron chi connectivity index (χ1n) is 3.06. The van der Waals surface area contributed by atoms with E-state index in [0.29, 0.717) is 4.57 Å². The molecule has 1 heterocycles. The molecule has 0 fully saturated rings. The van der Waals surface area contributed by atoms with E-state index in [4.69, 9.17) is 5.53 Å². The predicted octanol–water partition coefficient (Wildman–Crippen LogP) is 2.09. The standard InChI is InChI=1S/C5H5F2N5/c6-5(7)12-2-1-9-4(12)3-10-11-8/h1-2,5H,3H2. The van der Waals surface area contributed by atoms with Crippen molar-refractivity contribution in [3.8, 4) is 0 Å². The van der Waals surface area contributed by atoms with Crippen LogP contribution in [0.2, 0.25) is 0 Å². The predicted molar refractivity (Wildman–Crippen MR) is 36.3 cm³/mol. The molecule has 0 spiro atoms. The number of nitrogens with zero attached hydrogens (tertiary/aromatic N) is 5. The largest absolute Gasteiger partial charge is 0.319 e. The SMILES string of the molecule is [N-]=[N+]=NCc1nccn1C(F)F. The van der Waals surface area contributed by atoms with E-state index in [0.717, 1.165) is 6.20 Å². The molecule has 12 heavy (non-hydrogen) atoms. The van der Waals surface area contributed by atoms with E-state index in [1.165, 1.54) is 6.20 Å². The van der Waals surface area contributed by atoms with E-state index >= 15 is 0 Å². The van der Waals surface area contributed by atoms with E-state index in [9.17, 15) is 8.78 Å². The molecule has 1 aromatic rings. The zero-order valence-electron chi connectivity index (χ0n) is 5.93. The summed E-state index contributed by atoms with van der Waals surface area (Å²) in [7, 11) is 0. The molecule has 0 N–H and O–H groups in total. The van der Waals surface area contributed by atoms with Crippen LogP contribution in [-0.2, 0) is 6.54 Å². The van der Waals surface area contributed by atoms with Crippen molar-refractivity contribution >= 4 is 0 Å². The number of rotatable bonds is 3. The molecule has 0 bridgehead atoms. The lowest BCUT2D eigenvalue weighted by Crippen LogP contribution is -2.01. The molecule has 0 aromatic carbocycles. The quantitative estimate of drug-likeness (QED) is 0.392. The van der Waals surface area contributed by atoms with Crippen molar-refractivity contribution in [1.82, 2.24) is 9.55 Å². The van der Waals surface area contributed by atoms with E-state index < -0.39 is 6.55 Å². The van der Waals surface area contributed by atoms with Crippen LogP contribution in [0, 0.1) is 0 Å². The molecule has 0 saturated carbocycles. The Hall–Kier alpha value is -1.62. The van der Waals surface area contributed by atoms with Crippen LogP contribution in [0.1, 0.15) is 12.4 Å². The fraction of sp³-hybridized carbons (Fsp3) is 0.400. The van der Waals surface area contributed by atoms with Crippen molar-refractivity contribution in [2.75, 3.05) is 0 Å². The molecule has 0 saturated heterocycles. The summed E-state index contributed by atoms with van der Waals surface area (Å²) in [4.78, 5) is 6.03. The van der Waals surface area contributed by atoms with Crippen LogP contribution in [0.25, 0.3) is 10.4 Å². The van der Waals surface area contributed by atoms with Crippen LogP contribution in [0.3, 0.4) is 0 Å². The summed E-state index contributed by atoms with van der Waals surface area (Å²) in [5.41, 5.74) is 7.93. The summed E-state index contributed by atoms with van der Waals surface area (Å²) in [6, 6.07) is 0. The second-order valence-electron chi connectivity index (χ2n) is 1.92. The summed E-state index contributed by atoms with van der Waals surface area (Å²) in [6.45, 7) is -2.80. The van der Waals surface area contributed by atoms with Crippen LogP contribution in [0.5, 0.6) is 0 Å². The Morgan fingerprint density at radius 2 is 2.50 bits per heavy atom. The fourth-order valence-electron chi connectivity index (χ4n) is 0.739. The van der Waals surface area contributed by atoms with Gasteiger partial charge >= 0.3 is 6.55 Å². The van der Waals surface area contributed by atoms with Crippen molar-refractivity contribution in [2.45, 2.75) is 13.1 Å². The molecule has 64 valence electrons. The maximum absolute atomic E-state index is 12.1. The van der Waals surface area contributed by atoms with E-state index in [2.05, 4.69) is 15.0 Å². The summed E-state index contributed by atoms with van der Waals surface area (Å²) >= 11 is 0. The Morgan fingerprint density at radius 1 is 1.75 bits per heavy atom. The molecule has 1 aromatic heterocycles. The summed E-state index contributed by atoms with van der Waals surface area (Å²) in [5.74, 6) is 0.0581. The molecule has 0 amide bonds. The van der Waals surface area contributed by atoms with Gasteiger partial charge in [0.2, 0.25) is 0 Å². The monoisotopic (exact) mass is 173 g/mol. The molecule has 1 rings (SSSR count). The zero-order chi connectivity index (χ0) is 8.97. The van der Waals surface area contributed by atoms with Gasteiger partial charge in [-0.05, 0) is 5.53 Å². The molecular formula is C5H5F2N5. The zero-order valence-corrected chi connectivity index (χ0v) is 5.93. The molecule has 5 nitrogen and oxygen atoms in total. The minimum atomic E-state index is -2.64. The minimum absolute atomic E-state index is 0.0581. The van der Waals surface area contributed by atoms with Crippen LogP contribution in [0.4, 0.5) is 8.78 Å². The Morgan fingerprint density at radius 3 is 3.08 bits per heavy atom. The third-order valence-electron chi connectivity index (χ3n) is 1.23. The molecule has 0 unspecified atom stereocenters. The Kier molecular flexibility index (Phi) is 2.60. The third kappa shape index (κ3) is 1.70. The van der Waals surface area contributed by atoms with Crippen molar-refractivity contribution in [3.05, 3.63) is 28.7 Å². The Bertz CT molecular complexity index is 301. The average molecular weight is 173 g/mol. The van der Waals surface area contributed by atoms with Gasteiger partial charge < -0.3 is 0 Å². The van der Waals surface area contributed by atoms with Crippen LogP contribution < -0.4 is 0 Å². The highest BCUT2D eigenvalue weighted by molar-refractivity contribution is 4.92. The first-order chi connectivity index (χ1) is 5.75. The van der Waals surface area contributed by atoms with Gasteiger partial charge in [-0.25, -0.2) is 4.98 Å². The topological polar surface area (TPSA) is 66.6 Å². The Balaban J connectivity index is 2.83. The second kappa shape index (κ2) is 3.68. The Labute approximate surface area is 66.3 Å². The normalized spacial score (nSPS) is 9.92. The van der Waals surface area contributed by atoms with Gasteiger partial charge in [0.15, 0.2) is 0 Å². The van der Waals surface area contributed by atoms with Gasteiger partial charge in [-0.15, -0.1) is 0 Å². The number of aromatic nitrogens is 2. The number of imidazole rings is 1. The first-order valence-corrected chi connectivity index (χ1v) is 3.06. The maximum atomic E-state index is 12.1. The van der Waals surface area contributed by atoms with Crippen LogP contribution >= 0.6 is 0 Å². The van der Waals surface area contributed by atoms with Crippen molar-refractivity contribution in [3.63, 3.8) is 0 Å². The van der Waals surface area contributed by atoms with Crippen LogP contribution in [-0.4, -0.2) is 9.55 Å². The van der Waals surface area contributed by atoms with Gasteiger partial charge in [-0.1, -0.05) is 5.11 Å². The number of alkyl halides is 2. The third-order valence-corrected chi connectivity index (χ3v) is 1.23. The average Bonchev–Trinajstić information content (AvgIpc) is 2.48. The lowest BCUT2D eigenvalue weighted by atomic mass is 10.6. The van der Waals surface area contributed by atoms with Gasteiger partial charge in [-0.2, -0.15) is 8.78 Å². The molecule has 0 radical (unpaired) electrons. The summed E-state index contributed by atoms with van der Waals surface area (Å²) in [6.07, 6.45) is 2.36. The van der Waals surface area contributed by atoms with Crippen LogP contribution in [0.15, 0.2) is 17.5 Å². The first kappa shape index (κ1) is 8.48. The molecule has 0 aliphatic carbocycles. The van der Waals surface area contributed by atoms with E-state index in [-0.39, 0.29) is 12.4 Å². The molecular weight excluding hydrogens is 168 g/mol. The van der Waals surface area contributed by atoms with Crippen molar-refractivity contribution in [1.29, 1.82) is 0 Å². The fourth-order valence-corrected chi connectivity index (χ4v) is 0.739. The van der Waals surface area contributed by atoms with Gasteiger partial charge in [0.05, 0.1) is 6.54 Å². The lowest BCUT2D eigenvalue weighted by molar-refractivity contribution is 0.0671. The van der Waals surface area contributed by atoms with E-state index in [1.807, 2.05) is 0 Å². The number of halogens is 2. The minimum Gasteiger partial charge on any atom is -0.278 e. The smallest absolute Gasteiger partial charge is 0.278 e. The highest BCUT2D eigenvalue weighted by atomic mass is 19.3. The lowest BCUT2D eigenvalue weighted by Gasteiger charge is -2.02. The van der Waals surface area contributed by atoms with Crippen molar-refractivity contribution in [2.24, 2.45) is 5.11 Å². The highest BCUT2D eigenvalue weighted by Gasteiger charge is 2.09. The van der Waals surface area contributed by atoms with E-state index in [1.54, 1.807) is 0 Å². The van der Waals surface area contributed by atoms with Gasteiger partial charge in [-0.3, -0.25) is 4.57 Å².